The monoisotopic (exact) mass is 321 g/mol. The summed E-state index contributed by atoms with van der Waals surface area (Å²) in [5.41, 5.74) is 2.18. The molecule has 0 saturated carbocycles. The van der Waals surface area contributed by atoms with Crippen LogP contribution in [0.3, 0.4) is 0 Å². The number of fused-ring (bicyclic) bond motifs is 3. The Hall–Kier alpha value is -2.13. The van der Waals surface area contributed by atoms with Gasteiger partial charge in [0.2, 0.25) is 0 Å². The molecule has 3 saturated heterocycles. The lowest BCUT2D eigenvalue weighted by atomic mass is 9.81. The van der Waals surface area contributed by atoms with E-state index in [4.69, 9.17) is 0 Å². The Morgan fingerprint density at radius 2 is 1.58 bits per heavy atom. The number of carbonyl (C=O) groups excluding carboxylic acids is 1. The highest BCUT2D eigenvalue weighted by atomic mass is 16.1. The molecule has 3 heteroatoms. The second kappa shape index (κ2) is 6.40. The van der Waals surface area contributed by atoms with Gasteiger partial charge in [-0.3, -0.25) is 4.79 Å². The zero-order chi connectivity index (χ0) is 16.4. The second-order valence-electron chi connectivity index (χ2n) is 7.40. The number of piperidine rings is 3. The standard InChI is InChI=1S/C21H24N2O/c24-21(19-9-5-2-6-10-19)22-20-16-23(13-11-18(20)12-14-23)15-17-7-3-1-4-8-17/h1-10,18,20H,11-16H2/p+1/t18?,20-,23?/m1/s1. The van der Waals surface area contributed by atoms with Gasteiger partial charge in [-0.2, -0.15) is 0 Å². The number of amides is 1. The molecule has 3 aliphatic heterocycles. The number of nitrogens with one attached hydrogen (secondary N) is 1. The highest BCUT2D eigenvalue weighted by Gasteiger charge is 2.46. The molecule has 0 aromatic heterocycles. The molecule has 0 unspecified atom stereocenters. The molecule has 1 atom stereocenters. The minimum Gasteiger partial charge on any atom is -0.343 e. The van der Waals surface area contributed by atoms with Gasteiger partial charge in [0.15, 0.2) is 0 Å². The molecule has 1 amide bonds. The van der Waals surface area contributed by atoms with Crippen LogP contribution in [0.25, 0.3) is 0 Å². The van der Waals surface area contributed by atoms with Crippen LogP contribution < -0.4 is 5.32 Å². The summed E-state index contributed by atoms with van der Waals surface area (Å²) in [6.45, 7) is 4.65. The quantitative estimate of drug-likeness (QED) is 0.861. The van der Waals surface area contributed by atoms with E-state index in [-0.39, 0.29) is 5.91 Å². The third kappa shape index (κ3) is 3.09. The maximum Gasteiger partial charge on any atom is 0.251 e. The molecule has 3 aliphatic rings. The van der Waals surface area contributed by atoms with Gasteiger partial charge >= 0.3 is 0 Å². The first kappa shape index (κ1) is 15.4. The van der Waals surface area contributed by atoms with Crippen LogP contribution in [0.2, 0.25) is 0 Å². The minimum atomic E-state index is 0.0761. The smallest absolute Gasteiger partial charge is 0.251 e. The van der Waals surface area contributed by atoms with Gasteiger partial charge in [0, 0.05) is 24.0 Å². The topological polar surface area (TPSA) is 29.1 Å². The van der Waals surface area contributed by atoms with Gasteiger partial charge < -0.3 is 9.80 Å². The number of rotatable bonds is 4. The zero-order valence-electron chi connectivity index (χ0n) is 14.0. The summed E-state index contributed by atoms with van der Waals surface area (Å²) in [6, 6.07) is 20.7. The predicted molar refractivity (Wildman–Crippen MR) is 95.4 cm³/mol. The molecular formula is C21H25N2O+. The third-order valence-electron chi connectivity index (χ3n) is 5.81. The molecule has 2 aromatic rings. The molecule has 0 aliphatic carbocycles. The molecule has 0 radical (unpaired) electrons. The first-order chi connectivity index (χ1) is 11.7. The van der Waals surface area contributed by atoms with Gasteiger partial charge in [0.05, 0.1) is 25.7 Å². The van der Waals surface area contributed by atoms with Gasteiger partial charge in [0.25, 0.3) is 5.91 Å². The van der Waals surface area contributed by atoms with E-state index < -0.39 is 0 Å². The van der Waals surface area contributed by atoms with Gasteiger partial charge in [-0.25, -0.2) is 0 Å². The van der Waals surface area contributed by atoms with Gasteiger partial charge in [0.1, 0.15) is 6.54 Å². The first-order valence-corrected chi connectivity index (χ1v) is 8.99. The third-order valence-corrected chi connectivity index (χ3v) is 5.81. The van der Waals surface area contributed by atoms with Crippen molar-refractivity contribution in [3.05, 3.63) is 71.8 Å². The molecule has 3 heterocycles. The van der Waals surface area contributed by atoms with Gasteiger partial charge in [-0.05, 0) is 18.1 Å². The van der Waals surface area contributed by atoms with Crippen LogP contribution in [0.5, 0.6) is 0 Å². The van der Waals surface area contributed by atoms with Crippen LogP contribution in [-0.2, 0) is 6.54 Å². The summed E-state index contributed by atoms with van der Waals surface area (Å²) >= 11 is 0. The number of quaternary nitrogens is 1. The van der Waals surface area contributed by atoms with Crippen molar-refractivity contribution in [2.24, 2.45) is 5.92 Å². The molecule has 3 fully saturated rings. The summed E-state index contributed by atoms with van der Waals surface area (Å²) in [7, 11) is 0. The lowest BCUT2D eigenvalue weighted by Crippen LogP contribution is -2.66. The van der Waals surface area contributed by atoms with Crippen LogP contribution in [0.1, 0.15) is 28.8 Å². The summed E-state index contributed by atoms with van der Waals surface area (Å²) in [5.74, 6) is 0.723. The number of carbonyl (C=O) groups is 1. The molecule has 124 valence electrons. The van der Waals surface area contributed by atoms with Crippen molar-refractivity contribution in [3.63, 3.8) is 0 Å². The van der Waals surface area contributed by atoms with Crippen molar-refractivity contribution < 1.29 is 9.28 Å². The highest BCUT2D eigenvalue weighted by molar-refractivity contribution is 5.94. The summed E-state index contributed by atoms with van der Waals surface area (Å²) in [6.07, 6.45) is 2.46. The number of hydrogen-bond acceptors (Lipinski definition) is 1. The van der Waals surface area contributed by atoms with E-state index in [0.29, 0.717) is 12.0 Å². The van der Waals surface area contributed by atoms with Crippen LogP contribution in [0.15, 0.2) is 60.7 Å². The predicted octanol–water partition coefficient (Wildman–Crippen LogP) is 3.23. The van der Waals surface area contributed by atoms with Crippen LogP contribution >= 0.6 is 0 Å². The largest absolute Gasteiger partial charge is 0.343 e. The summed E-state index contributed by atoms with van der Waals surface area (Å²) in [5, 5.41) is 3.32. The molecule has 0 spiro atoms. The maximum atomic E-state index is 12.5. The average molecular weight is 321 g/mol. The number of benzene rings is 2. The van der Waals surface area contributed by atoms with Crippen molar-refractivity contribution in [1.82, 2.24) is 5.32 Å². The van der Waals surface area contributed by atoms with Crippen molar-refractivity contribution in [1.29, 1.82) is 0 Å². The fourth-order valence-corrected chi connectivity index (χ4v) is 4.48. The van der Waals surface area contributed by atoms with E-state index >= 15 is 0 Å². The molecule has 5 rings (SSSR count). The molecule has 1 N–H and O–H groups in total. The first-order valence-electron chi connectivity index (χ1n) is 8.99. The fourth-order valence-electron chi connectivity index (χ4n) is 4.48. The Morgan fingerprint density at radius 1 is 0.958 bits per heavy atom. The van der Waals surface area contributed by atoms with Gasteiger partial charge in [-0.15, -0.1) is 0 Å². The van der Waals surface area contributed by atoms with Crippen LogP contribution in [0, 0.1) is 5.92 Å². The normalized spacial score (nSPS) is 28.5. The van der Waals surface area contributed by atoms with Crippen molar-refractivity contribution in [2.45, 2.75) is 25.4 Å². The summed E-state index contributed by atoms with van der Waals surface area (Å²) < 4.78 is 1.13. The van der Waals surface area contributed by atoms with Crippen molar-refractivity contribution in [2.75, 3.05) is 19.6 Å². The fraction of sp³-hybridized carbons (Fsp3) is 0.381. The van der Waals surface area contributed by atoms with E-state index in [1.807, 2.05) is 30.3 Å². The lowest BCUT2D eigenvalue weighted by Gasteiger charge is -2.52. The summed E-state index contributed by atoms with van der Waals surface area (Å²) in [4.78, 5) is 12.5. The Labute approximate surface area is 143 Å². The second-order valence-corrected chi connectivity index (χ2v) is 7.40. The van der Waals surface area contributed by atoms with E-state index in [0.717, 1.165) is 23.1 Å². The zero-order valence-corrected chi connectivity index (χ0v) is 14.0. The molecule has 3 nitrogen and oxygen atoms in total. The van der Waals surface area contributed by atoms with Crippen LogP contribution in [0.4, 0.5) is 0 Å². The number of nitrogens with zero attached hydrogens (tertiary/aromatic N) is 1. The SMILES string of the molecule is O=C(N[C@@H]1C[N+]2(Cc3ccccc3)CCC1CC2)c1ccccc1. The Morgan fingerprint density at radius 3 is 2.25 bits per heavy atom. The molecule has 2 bridgehead atoms. The highest BCUT2D eigenvalue weighted by Crippen LogP contribution is 2.35. The Bertz CT molecular complexity index is 690. The number of hydrogen-bond donors (Lipinski definition) is 1. The minimum absolute atomic E-state index is 0.0761. The van der Waals surface area contributed by atoms with Crippen LogP contribution in [-0.4, -0.2) is 36.1 Å². The Balaban J connectivity index is 1.47. The molecule has 2 aromatic carbocycles. The van der Waals surface area contributed by atoms with E-state index in [9.17, 15) is 4.79 Å². The molecular weight excluding hydrogens is 296 g/mol. The molecule has 24 heavy (non-hydrogen) atoms. The Kier molecular flexibility index (Phi) is 4.11. The van der Waals surface area contributed by atoms with Crippen molar-refractivity contribution in [3.8, 4) is 0 Å². The van der Waals surface area contributed by atoms with Gasteiger partial charge in [-0.1, -0.05) is 48.5 Å². The maximum absolute atomic E-state index is 12.5. The average Bonchev–Trinajstić information content (AvgIpc) is 2.64. The van der Waals surface area contributed by atoms with E-state index in [2.05, 4.69) is 35.6 Å². The van der Waals surface area contributed by atoms with Crippen molar-refractivity contribution >= 4 is 5.91 Å². The van der Waals surface area contributed by atoms with E-state index in [1.165, 1.54) is 31.5 Å². The van der Waals surface area contributed by atoms with E-state index in [1.54, 1.807) is 0 Å². The lowest BCUT2D eigenvalue weighted by molar-refractivity contribution is -0.956.